The minimum absolute atomic E-state index is 0.0728. The fourth-order valence-corrected chi connectivity index (χ4v) is 5.21. The third-order valence-corrected chi connectivity index (χ3v) is 6.49. The Bertz CT molecular complexity index is 1410. The average Bonchev–Trinajstić information content (AvgIpc) is 3.00. The van der Waals surface area contributed by atoms with Crippen molar-refractivity contribution in [1.29, 1.82) is 0 Å². The van der Waals surface area contributed by atoms with Crippen molar-refractivity contribution in [2.45, 2.75) is 32.7 Å². The molecule has 30 heavy (non-hydrogen) atoms. The zero-order valence-corrected chi connectivity index (χ0v) is 17.9. The first-order valence-corrected chi connectivity index (χ1v) is 10.4. The van der Waals surface area contributed by atoms with E-state index in [9.17, 15) is 14.4 Å². The number of nitrogens with zero attached hydrogens (tertiary/aromatic N) is 2. The minimum Gasteiger partial charge on any atom is -0.294 e. The zero-order chi connectivity index (χ0) is 21.4. The van der Waals surface area contributed by atoms with E-state index in [0.717, 1.165) is 0 Å². The molecule has 0 saturated heterocycles. The van der Waals surface area contributed by atoms with Crippen molar-refractivity contribution in [2.75, 3.05) is 0 Å². The summed E-state index contributed by atoms with van der Waals surface area (Å²) < 4.78 is 2.79. The monoisotopic (exact) mass is 440 g/mol. The van der Waals surface area contributed by atoms with E-state index in [1.54, 1.807) is 42.5 Å². The molecule has 2 aromatic carbocycles. The van der Waals surface area contributed by atoms with Gasteiger partial charge in [-0.15, -0.1) is 0 Å². The molecule has 2 heterocycles. The number of ketones is 1. The molecule has 152 valence electrons. The Morgan fingerprint density at radius 3 is 2.27 bits per heavy atom. The lowest BCUT2D eigenvalue weighted by Gasteiger charge is -2.30. The molecule has 2 aliphatic rings. The number of hydrogen-bond acceptors (Lipinski definition) is 3. The Kier molecular flexibility index (Phi) is 4.15. The normalized spacial score (nSPS) is 19.9. The van der Waals surface area contributed by atoms with E-state index < -0.39 is 6.04 Å². The summed E-state index contributed by atoms with van der Waals surface area (Å²) >= 11 is 12.6. The second kappa shape index (κ2) is 6.43. The molecule has 3 aromatic rings. The van der Waals surface area contributed by atoms with E-state index in [1.165, 1.54) is 9.36 Å². The predicted molar refractivity (Wildman–Crippen MR) is 118 cm³/mol. The first-order chi connectivity index (χ1) is 14.2. The van der Waals surface area contributed by atoms with Crippen LogP contribution >= 0.6 is 23.2 Å². The molecule has 1 unspecified atom stereocenters. The van der Waals surface area contributed by atoms with Gasteiger partial charge in [-0.3, -0.25) is 14.4 Å². The van der Waals surface area contributed by atoms with Crippen molar-refractivity contribution < 1.29 is 4.79 Å². The molecular weight excluding hydrogens is 423 g/mol. The summed E-state index contributed by atoms with van der Waals surface area (Å²) in [4.78, 5) is 40.3. The molecule has 5 nitrogen and oxygen atoms in total. The number of aromatic nitrogens is 2. The molecule has 0 saturated carbocycles. The third kappa shape index (κ3) is 2.65. The van der Waals surface area contributed by atoms with E-state index >= 15 is 0 Å². The quantitative estimate of drug-likeness (QED) is 0.551. The molecule has 0 N–H and O–H groups in total. The third-order valence-electron chi connectivity index (χ3n) is 5.93. The lowest BCUT2D eigenvalue weighted by Crippen LogP contribution is -2.37. The van der Waals surface area contributed by atoms with Crippen LogP contribution in [-0.2, 0) is 4.79 Å². The summed E-state index contributed by atoms with van der Waals surface area (Å²) in [5, 5.41) is 1.46. The largest absolute Gasteiger partial charge is 0.294 e. The van der Waals surface area contributed by atoms with E-state index in [1.807, 2.05) is 13.8 Å². The average molecular weight is 441 g/mol. The number of carbonyl (C=O) groups is 1. The summed E-state index contributed by atoms with van der Waals surface area (Å²) in [6, 6.07) is 10.9. The maximum atomic E-state index is 13.5. The van der Waals surface area contributed by atoms with Crippen LogP contribution in [0.25, 0.3) is 16.5 Å². The summed E-state index contributed by atoms with van der Waals surface area (Å²) in [6.07, 6.45) is 0.845. The highest BCUT2D eigenvalue weighted by atomic mass is 35.5. The lowest BCUT2D eigenvalue weighted by molar-refractivity contribution is -0.118. The number of Topliss-reactive ketones (excluding diaryl/α,β-unsaturated/α-hetero) is 1. The number of halogens is 2. The first-order valence-electron chi connectivity index (χ1n) is 9.68. The van der Waals surface area contributed by atoms with Gasteiger partial charge in [0, 0.05) is 27.6 Å². The van der Waals surface area contributed by atoms with Gasteiger partial charge in [0.1, 0.15) is 6.04 Å². The zero-order valence-electron chi connectivity index (χ0n) is 16.4. The summed E-state index contributed by atoms with van der Waals surface area (Å²) in [5.41, 5.74) is 0.662. The van der Waals surface area contributed by atoms with Crippen molar-refractivity contribution in [3.05, 3.63) is 84.4 Å². The van der Waals surface area contributed by atoms with Crippen molar-refractivity contribution in [1.82, 2.24) is 9.36 Å². The summed E-state index contributed by atoms with van der Waals surface area (Å²) in [6.45, 7) is 3.98. The molecule has 0 radical (unpaired) electrons. The molecule has 5 rings (SSSR count). The van der Waals surface area contributed by atoms with Gasteiger partial charge in [-0.25, -0.2) is 9.36 Å². The minimum atomic E-state index is -0.766. The SMILES string of the molecule is CC1(C)CC(=O)C2=C(C1)n1c(=O)c3ccccc3c(=O)n1C2c1ccc(Cl)cc1Cl. The fraction of sp³-hybridized carbons (Fsp3) is 0.261. The highest BCUT2D eigenvalue weighted by Crippen LogP contribution is 2.47. The van der Waals surface area contributed by atoms with Crippen molar-refractivity contribution in [3.63, 3.8) is 0 Å². The topological polar surface area (TPSA) is 61.1 Å². The summed E-state index contributed by atoms with van der Waals surface area (Å²) in [7, 11) is 0. The van der Waals surface area contributed by atoms with E-state index in [0.29, 0.717) is 50.5 Å². The number of fused-ring (bicyclic) bond motifs is 3. The van der Waals surface area contributed by atoms with Crippen LogP contribution in [0.15, 0.2) is 57.6 Å². The van der Waals surface area contributed by atoms with Gasteiger partial charge in [0.25, 0.3) is 11.1 Å². The molecule has 0 fully saturated rings. The molecular formula is C23H18Cl2N2O3. The molecule has 0 bridgehead atoms. The van der Waals surface area contributed by atoms with Gasteiger partial charge in [-0.1, -0.05) is 55.2 Å². The van der Waals surface area contributed by atoms with Crippen LogP contribution < -0.4 is 11.1 Å². The second-order valence-corrected chi connectivity index (χ2v) is 9.53. The highest BCUT2D eigenvalue weighted by Gasteiger charge is 2.45. The van der Waals surface area contributed by atoms with Gasteiger partial charge in [-0.05, 0) is 36.1 Å². The van der Waals surface area contributed by atoms with Gasteiger partial charge in [0.15, 0.2) is 5.78 Å². The smallest absolute Gasteiger partial charge is 0.277 e. The standard InChI is InChI=1S/C23H18Cl2N2O3/c1-23(2)10-17-19(18(28)11-23)20(15-8-7-12(24)9-16(15)25)27-22(30)14-6-4-3-5-13(14)21(29)26(17)27/h3-9,20H,10-11H2,1-2H3. The van der Waals surface area contributed by atoms with E-state index in [2.05, 4.69) is 0 Å². The van der Waals surface area contributed by atoms with Crippen LogP contribution in [0.2, 0.25) is 10.0 Å². The Morgan fingerprint density at radius 2 is 1.60 bits per heavy atom. The number of benzene rings is 2. The van der Waals surface area contributed by atoms with E-state index in [-0.39, 0.29) is 22.3 Å². The molecule has 1 aliphatic carbocycles. The van der Waals surface area contributed by atoms with Crippen molar-refractivity contribution in [3.8, 4) is 0 Å². The summed E-state index contributed by atoms with van der Waals surface area (Å²) in [5.74, 6) is -0.0728. The van der Waals surface area contributed by atoms with Crippen LogP contribution in [0.5, 0.6) is 0 Å². The van der Waals surface area contributed by atoms with Crippen molar-refractivity contribution in [2.24, 2.45) is 5.41 Å². The Hall–Kier alpha value is -2.63. The number of allylic oxidation sites excluding steroid dienone is 2. The maximum Gasteiger partial charge on any atom is 0.277 e. The van der Waals surface area contributed by atoms with Gasteiger partial charge >= 0.3 is 0 Å². The molecule has 0 amide bonds. The Labute approximate surface area is 182 Å². The predicted octanol–water partition coefficient (Wildman–Crippen LogP) is 4.67. The molecule has 1 aliphatic heterocycles. The lowest BCUT2D eigenvalue weighted by atomic mass is 9.74. The van der Waals surface area contributed by atoms with E-state index in [4.69, 9.17) is 23.2 Å². The first kappa shape index (κ1) is 19.3. The number of carbonyl (C=O) groups excluding carboxylic acids is 1. The van der Waals surface area contributed by atoms with Crippen LogP contribution in [0.3, 0.4) is 0 Å². The maximum absolute atomic E-state index is 13.5. The van der Waals surface area contributed by atoms with Crippen LogP contribution in [-0.4, -0.2) is 15.1 Å². The van der Waals surface area contributed by atoms with Crippen LogP contribution in [0, 0.1) is 5.41 Å². The van der Waals surface area contributed by atoms with Gasteiger partial charge in [0.2, 0.25) is 0 Å². The van der Waals surface area contributed by atoms with Crippen LogP contribution in [0.4, 0.5) is 0 Å². The Balaban J connectivity index is 1.94. The fourth-order valence-electron chi connectivity index (χ4n) is 4.70. The van der Waals surface area contributed by atoms with Crippen molar-refractivity contribution >= 4 is 45.5 Å². The molecule has 0 spiro atoms. The molecule has 7 heteroatoms. The van der Waals surface area contributed by atoms with Gasteiger partial charge < -0.3 is 0 Å². The highest BCUT2D eigenvalue weighted by molar-refractivity contribution is 6.35. The molecule has 1 atom stereocenters. The Morgan fingerprint density at radius 1 is 0.933 bits per heavy atom. The second-order valence-electron chi connectivity index (χ2n) is 8.68. The molecule has 1 aromatic heterocycles. The van der Waals surface area contributed by atoms with Gasteiger partial charge in [0.05, 0.1) is 16.5 Å². The van der Waals surface area contributed by atoms with Crippen LogP contribution in [0.1, 0.15) is 38.3 Å². The number of hydrogen-bond donors (Lipinski definition) is 0. The van der Waals surface area contributed by atoms with Gasteiger partial charge in [-0.2, -0.15) is 0 Å². The number of rotatable bonds is 1.